The summed E-state index contributed by atoms with van der Waals surface area (Å²) in [5.41, 5.74) is 1.42. The monoisotopic (exact) mass is 248 g/mol. The van der Waals surface area contributed by atoms with Gasteiger partial charge in [-0.2, -0.15) is 0 Å². The van der Waals surface area contributed by atoms with E-state index in [-0.39, 0.29) is 5.46 Å². The summed E-state index contributed by atoms with van der Waals surface area (Å²) in [5, 5.41) is 27.2. The van der Waals surface area contributed by atoms with Gasteiger partial charge in [0.1, 0.15) is 11.5 Å². The van der Waals surface area contributed by atoms with Gasteiger partial charge in [-0.15, -0.1) is 10.2 Å². The van der Waals surface area contributed by atoms with Crippen LogP contribution in [0.4, 0.5) is 0 Å². The van der Waals surface area contributed by atoms with Gasteiger partial charge in [0, 0.05) is 23.1 Å². The van der Waals surface area contributed by atoms with Crippen LogP contribution < -0.4 is 5.46 Å². The molecule has 17 heavy (non-hydrogen) atoms. The van der Waals surface area contributed by atoms with Crippen molar-refractivity contribution in [1.82, 2.24) is 19.6 Å². The number of rotatable bonds is 1. The molecule has 3 rings (SSSR count). The molecule has 0 saturated heterocycles. The van der Waals surface area contributed by atoms with Crippen molar-refractivity contribution >= 4 is 40.7 Å². The van der Waals surface area contributed by atoms with Gasteiger partial charge in [0.05, 0.1) is 5.52 Å². The zero-order valence-corrected chi connectivity index (χ0v) is 9.20. The Kier molecular flexibility index (Phi) is 2.25. The van der Waals surface area contributed by atoms with Gasteiger partial charge < -0.3 is 10.0 Å². The van der Waals surface area contributed by atoms with Crippen molar-refractivity contribution in [1.29, 1.82) is 0 Å². The maximum absolute atomic E-state index is 9.28. The topological polar surface area (TPSA) is 83.5 Å². The molecule has 0 amide bonds. The second-order valence-corrected chi connectivity index (χ2v) is 3.95. The van der Waals surface area contributed by atoms with Crippen LogP contribution in [-0.2, 0) is 0 Å². The molecule has 0 fully saturated rings. The minimum absolute atomic E-state index is 0.277. The van der Waals surface area contributed by atoms with E-state index in [0.29, 0.717) is 10.8 Å². The largest absolute Gasteiger partial charge is 0.492 e. The average molecular weight is 248 g/mol. The second-order valence-electron chi connectivity index (χ2n) is 3.56. The number of hydrogen-bond donors (Lipinski definition) is 2. The molecular formula is C9H6BClN4O2. The molecule has 6 nitrogen and oxygen atoms in total. The third-order valence-corrected chi connectivity index (χ3v) is 2.74. The van der Waals surface area contributed by atoms with Crippen molar-refractivity contribution in [2.45, 2.75) is 0 Å². The minimum Gasteiger partial charge on any atom is -0.423 e. The van der Waals surface area contributed by atoms with Crippen molar-refractivity contribution in [3.05, 3.63) is 29.8 Å². The molecule has 0 radical (unpaired) electrons. The van der Waals surface area contributed by atoms with Crippen LogP contribution in [0.25, 0.3) is 16.6 Å². The number of aromatic nitrogens is 4. The molecule has 0 spiro atoms. The third-order valence-electron chi connectivity index (χ3n) is 2.53. The first-order valence-corrected chi connectivity index (χ1v) is 5.18. The van der Waals surface area contributed by atoms with Crippen LogP contribution in [0.2, 0.25) is 5.15 Å². The molecule has 3 aromatic heterocycles. The summed E-state index contributed by atoms with van der Waals surface area (Å²) in [5.74, 6) is 0. The molecule has 0 atom stereocenters. The fraction of sp³-hybridized carbons (Fsp3) is 0. The summed E-state index contributed by atoms with van der Waals surface area (Å²) in [4.78, 5) is 3.95. The van der Waals surface area contributed by atoms with E-state index in [9.17, 15) is 10.0 Å². The van der Waals surface area contributed by atoms with Crippen LogP contribution in [0.5, 0.6) is 0 Å². The van der Waals surface area contributed by atoms with Gasteiger partial charge >= 0.3 is 7.12 Å². The van der Waals surface area contributed by atoms with Crippen LogP contribution in [0.1, 0.15) is 0 Å². The number of pyridine rings is 2. The highest BCUT2D eigenvalue weighted by molar-refractivity contribution is 6.61. The summed E-state index contributed by atoms with van der Waals surface area (Å²) >= 11 is 5.82. The lowest BCUT2D eigenvalue weighted by molar-refractivity contribution is 0.426. The summed E-state index contributed by atoms with van der Waals surface area (Å²) in [6.45, 7) is 0. The van der Waals surface area contributed by atoms with E-state index in [1.807, 2.05) is 0 Å². The lowest BCUT2D eigenvalue weighted by Crippen LogP contribution is -2.31. The predicted molar refractivity (Wildman–Crippen MR) is 63.1 cm³/mol. The van der Waals surface area contributed by atoms with Gasteiger partial charge in [0.2, 0.25) is 0 Å². The van der Waals surface area contributed by atoms with Gasteiger partial charge in [-0.1, -0.05) is 11.6 Å². The van der Waals surface area contributed by atoms with Crippen LogP contribution in [0.3, 0.4) is 0 Å². The van der Waals surface area contributed by atoms with E-state index in [1.165, 1.54) is 6.33 Å². The van der Waals surface area contributed by atoms with Crippen LogP contribution >= 0.6 is 11.6 Å². The molecule has 2 N–H and O–H groups in total. The maximum atomic E-state index is 9.28. The van der Waals surface area contributed by atoms with Gasteiger partial charge in [-0.25, -0.2) is 4.98 Å². The van der Waals surface area contributed by atoms with E-state index in [4.69, 9.17) is 11.6 Å². The van der Waals surface area contributed by atoms with Crippen LogP contribution in [0.15, 0.2) is 24.7 Å². The number of nitrogens with zero attached hydrogens (tertiary/aromatic N) is 4. The van der Waals surface area contributed by atoms with Crippen molar-refractivity contribution < 1.29 is 10.0 Å². The quantitative estimate of drug-likeness (QED) is 0.453. The smallest absolute Gasteiger partial charge is 0.423 e. The Bertz CT molecular complexity index is 715. The van der Waals surface area contributed by atoms with Crippen molar-refractivity contribution in [2.24, 2.45) is 0 Å². The van der Waals surface area contributed by atoms with E-state index < -0.39 is 7.12 Å². The van der Waals surface area contributed by atoms with E-state index in [2.05, 4.69) is 15.2 Å². The Morgan fingerprint density at radius 1 is 1.29 bits per heavy atom. The Morgan fingerprint density at radius 3 is 2.88 bits per heavy atom. The summed E-state index contributed by atoms with van der Waals surface area (Å²) in [6, 6.07) is 3.27. The maximum Gasteiger partial charge on any atom is 0.492 e. The lowest BCUT2D eigenvalue weighted by Gasteiger charge is -2.06. The molecule has 0 aliphatic heterocycles. The fourth-order valence-corrected chi connectivity index (χ4v) is 1.93. The molecule has 0 saturated carbocycles. The molecule has 0 aromatic carbocycles. The normalized spacial score (nSPS) is 11.2. The van der Waals surface area contributed by atoms with E-state index in [0.717, 1.165) is 10.9 Å². The lowest BCUT2D eigenvalue weighted by atomic mass is 9.80. The van der Waals surface area contributed by atoms with Gasteiger partial charge in [-0.05, 0) is 6.07 Å². The zero-order valence-electron chi connectivity index (χ0n) is 8.45. The van der Waals surface area contributed by atoms with Gasteiger partial charge in [-0.3, -0.25) is 4.40 Å². The van der Waals surface area contributed by atoms with Crippen LogP contribution in [0, 0.1) is 0 Å². The van der Waals surface area contributed by atoms with Gasteiger partial charge in [0.15, 0.2) is 5.65 Å². The third kappa shape index (κ3) is 1.56. The molecule has 0 aliphatic rings. The predicted octanol–water partition coefficient (Wildman–Crippen LogP) is -0.389. The molecule has 0 bridgehead atoms. The average Bonchev–Trinajstić information content (AvgIpc) is 2.76. The first-order chi connectivity index (χ1) is 8.16. The molecule has 84 valence electrons. The van der Waals surface area contributed by atoms with Crippen molar-refractivity contribution in [3.63, 3.8) is 0 Å². The van der Waals surface area contributed by atoms with Crippen molar-refractivity contribution in [2.75, 3.05) is 0 Å². The fourth-order valence-electron chi connectivity index (χ4n) is 1.78. The van der Waals surface area contributed by atoms with Crippen molar-refractivity contribution in [3.8, 4) is 0 Å². The molecular weight excluding hydrogens is 242 g/mol. The molecule has 3 heterocycles. The minimum atomic E-state index is -1.61. The molecule has 8 heteroatoms. The summed E-state index contributed by atoms with van der Waals surface area (Å²) in [6.07, 6.45) is 3.04. The first-order valence-electron chi connectivity index (χ1n) is 4.81. The Labute approximate surface area is 101 Å². The zero-order chi connectivity index (χ0) is 12.0. The van der Waals surface area contributed by atoms with Crippen LogP contribution in [-0.4, -0.2) is 36.7 Å². The Balaban J connectivity index is 2.51. The number of fused-ring (bicyclic) bond motifs is 3. The van der Waals surface area contributed by atoms with E-state index >= 15 is 0 Å². The Hall–Kier alpha value is -1.70. The number of halogens is 1. The number of hydrogen-bond acceptors (Lipinski definition) is 5. The first kappa shape index (κ1) is 10.5. The summed E-state index contributed by atoms with van der Waals surface area (Å²) in [7, 11) is -1.61. The highest BCUT2D eigenvalue weighted by Gasteiger charge is 2.18. The highest BCUT2D eigenvalue weighted by Crippen LogP contribution is 2.17. The Morgan fingerprint density at radius 2 is 2.12 bits per heavy atom. The van der Waals surface area contributed by atoms with E-state index in [1.54, 1.807) is 22.7 Å². The standard InChI is InChI=1S/C9H6BClN4O2/c11-8-2-7-5(3-12-8)1-6(10(16)17)9-14-13-4-15(7)9/h1-4,16-17H. The SMILES string of the molecule is OB(O)c1cc2cnc(Cl)cc2n2cnnc12. The second kappa shape index (κ2) is 3.66. The highest BCUT2D eigenvalue weighted by atomic mass is 35.5. The molecule has 0 aliphatic carbocycles. The molecule has 0 unspecified atom stereocenters. The summed E-state index contributed by atoms with van der Waals surface area (Å²) < 4.78 is 1.64. The van der Waals surface area contributed by atoms with Gasteiger partial charge in [0.25, 0.3) is 0 Å². The molecule has 3 aromatic rings.